The summed E-state index contributed by atoms with van der Waals surface area (Å²) in [7, 11) is -0.408. The smallest absolute Gasteiger partial charge is 0.399 e. The Morgan fingerprint density at radius 3 is 2.39 bits per heavy atom. The van der Waals surface area contributed by atoms with Crippen molar-refractivity contribution in [1.82, 2.24) is 14.8 Å². The highest BCUT2D eigenvalue weighted by Gasteiger charge is 2.52. The van der Waals surface area contributed by atoms with Gasteiger partial charge in [0.2, 0.25) is 0 Å². The van der Waals surface area contributed by atoms with Gasteiger partial charge in [0, 0.05) is 12.1 Å². The fraction of sp³-hybridized carbons (Fsp3) is 0.529. The van der Waals surface area contributed by atoms with Crippen molar-refractivity contribution in [3.8, 4) is 11.4 Å². The fourth-order valence-corrected chi connectivity index (χ4v) is 2.63. The van der Waals surface area contributed by atoms with Gasteiger partial charge in [0.25, 0.3) is 0 Å². The monoisotopic (exact) mass is 313 g/mol. The highest BCUT2D eigenvalue weighted by molar-refractivity contribution is 6.63. The second-order valence-electron chi connectivity index (χ2n) is 7.01. The number of benzene rings is 1. The van der Waals surface area contributed by atoms with E-state index in [2.05, 4.69) is 44.7 Å². The van der Waals surface area contributed by atoms with E-state index >= 15 is 0 Å². The molecule has 0 aliphatic carbocycles. The molecular formula is C17H24BN3O2. The van der Waals surface area contributed by atoms with E-state index in [0.717, 1.165) is 24.0 Å². The molecule has 1 aromatic carbocycles. The van der Waals surface area contributed by atoms with Crippen molar-refractivity contribution in [2.45, 2.75) is 58.8 Å². The molecule has 1 fully saturated rings. The lowest BCUT2D eigenvalue weighted by Gasteiger charge is -2.32. The second-order valence-corrected chi connectivity index (χ2v) is 7.01. The maximum absolute atomic E-state index is 6.18. The first kappa shape index (κ1) is 16.2. The van der Waals surface area contributed by atoms with E-state index in [1.807, 2.05) is 28.9 Å². The van der Waals surface area contributed by atoms with E-state index in [9.17, 15) is 0 Å². The van der Waals surface area contributed by atoms with Gasteiger partial charge < -0.3 is 9.31 Å². The Kier molecular flexibility index (Phi) is 4.06. The second kappa shape index (κ2) is 5.76. The molecule has 2 heterocycles. The summed E-state index contributed by atoms with van der Waals surface area (Å²) in [4.78, 5) is 4.45. The molecular weight excluding hydrogens is 289 g/mol. The summed E-state index contributed by atoms with van der Waals surface area (Å²) < 4.78 is 14.2. The molecule has 0 bridgehead atoms. The zero-order chi connectivity index (χ0) is 16.7. The molecule has 0 amide bonds. The maximum atomic E-state index is 6.18. The molecule has 1 aliphatic rings. The number of aromatic nitrogens is 3. The third-order valence-corrected chi connectivity index (χ3v) is 4.70. The molecule has 0 radical (unpaired) electrons. The highest BCUT2D eigenvalue weighted by Crippen LogP contribution is 2.37. The van der Waals surface area contributed by atoms with Crippen molar-refractivity contribution in [3.05, 3.63) is 30.6 Å². The van der Waals surface area contributed by atoms with Crippen LogP contribution in [0.15, 0.2) is 30.6 Å². The Labute approximate surface area is 138 Å². The predicted molar refractivity (Wildman–Crippen MR) is 91.5 cm³/mol. The van der Waals surface area contributed by atoms with E-state index in [0.29, 0.717) is 5.82 Å². The average molecular weight is 313 g/mol. The van der Waals surface area contributed by atoms with Crippen LogP contribution in [0.2, 0.25) is 0 Å². The highest BCUT2D eigenvalue weighted by atomic mass is 16.7. The first-order valence-electron chi connectivity index (χ1n) is 8.18. The molecule has 0 atom stereocenters. The summed E-state index contributed by atoms with van der Waals surface area (Å²) in [5.41, 5.74) is 1.21. The van der Waals surface area contributed by atoms with Gasteiger partial charge in [-0.1, -0.05) is 31.2 Å². The minimum absolute atomic E-state index is 0.361. The molecule has 6 heteroatoms. The third-order valence-electron chi connectivity index (χ3n) is 4.70. The Hall–Kier alpha value is -1.66. The van der Waals surface area contributed by atoms with Gasteiger partial charge in [-0.15, -0.1) is 0 Å². The fourth-order valence-electron chi connectivity index (χ4n) is 2.63. The molecule has 1 saturated heterocycles. The van der Waals surface area contributed by atoms with Crippen LogP contribution in [0.5, 0.6) is 0 Å². The van der Waals surface area contributed by atoms with Crippen molar-refractivity contribution in [1.29, 1.82) is 0 Å². The van der Waals surface area contributed by atoms with Crippen LogP contribution in [0.3, 0.4) is 0 Å². The molecule has 3 rings (SSSR count). The van der Waals surface area contributed by atoms with E-state index in [1.54, 1.807) is 6.33 Å². The lowest BCUT2D eigenvalue weighted by atomic mass is 9.76. The minimum atomic E-state index is -0.408. The van der Waals surface area contributed by atoms with Crippen LogP contribution < -0.4 is 5.46 Å². The van der Waals surface area contributed by atoms with Crippen molar-refractivity contribution in [2.75, 3.05) is 0 Å². The molecule has 5 nitrogen and oxygen atoms in total. The number of hydrogen-bond donors (Lipinski definition) is 0. The lowest BCUT2D eigenvalue weighted by Crippen LogP contribution is -2.41. The predicted octanol–water partition coefficient (Wildman–Crippen LogP) is 2.65. The van der Waals surface area contributed by atoms with E-state index in [4.69, 9.17) is 9.31 Å². The van der Waals surface area contributed by atoms with Crippen LogP contribution in [0.25, 0.3) is 11.4 Å². The Bertz CT molecular complexity index is 681. The quantitative estimate of drug-likeness (QED) is 0.814. The molecule has 2 aromatic rings. The van der Waals surface area contributed by atoms with Gasteiger partial charge in [0.1, 0.15) is 6.33 Å². The number of aryl methyl sites for hydroxylation is 1. The SMILES string of the molecule is CCCn1cnc(-c2ccccc2B2OC(C)(C)C(C)(C)O2)n1. The van der Waals surface area contributed by atoms with Crippen molar-refractivity contribution in [2.24, 2.45) is 0 Å². The van der Waals surface area contributed by atoms with Crippen molar-refractivity contribution in [3.63, 3.8) is 0 Å². The van der Waals surface area contributed by atoms with Crippen LogP contribution in [0, 0.1) is 0 Å². The summed E-state index contributed by atoms with van der Waals surface area (Å²) in [6.45, 7) is 11.2. The zero-order valence-corrected chi connectivity index (χ0v) is 14.5. The first-order valence-corrected chi connectivity index (χ1v) is 8.18. The zero-order valence-electron chi connectivity index (χ0n) is 14.5. The lowest BCUT2D eigenvalue weighted by molar-refractivity contribution is 0.00578. The molecule has 0 unspecified atom stereocenters. The molecule has 0 N–H and O–H groups in total. The van der Waals surface area contributed by atoms with Gasteiger partial charge in [0.15, 0.2) is 5.82 Å². The molecule has 0 spiro atoms. The Balaban J connectivity index is 1.96. The summed E-state index contributed by atoms with van der Waals surface area (Å²) in [5.74, 6) is 0.712. The van der Waals surface area contributed by atoms with Gasteiger partial charge in [-0.2, -0.15) is 5.10 Å². The summed E-state index contributed by atoms with van der Waals surface area (Å²) in [6.07, 6.45) is 2.81. The summed E-state index contributed by atoms with van der Waals surface area (Å²) in [5, 5.41) is 4.57. The van der Waals surface area contributed by atoms with E-state index in [-0.39, 0.29) is 11.2 Å². The Morgan fingerprint density at radius 2 is 1.74 bits per heavy atom. The third kappa shape index (κ3) is 2.93. The molecule has 1 aliphatic heterocycles. The van der Waals surface area contributed by atoms with E-state index < -0.39 is 7.12 Å². The standard InChI is InChI=1S/C17H24BN3O2/c1-6-11-21-12-19-15(20-21)13-9-7-8-10-14(13)18-22-16(2,3)17(4,5)23-18/h7-10,12H,6,11H2,1-5H3. The van der Waals surface area contributed by atoms with Crippen LogP contribution in [0.1, 0.15) is 41.0 Å². The van der Waals surface area contributed by atoms with Gasteiger partial charge in [0.05, 0.1) is 11.2 Å². The van der Waals surface area contributed by atoms with Crippen molar-refractivity contribution < 1.29 is 9.31 Å². The van der Waals surface area contributed by atoms with Gasteiger partial charge in [-0.25, -0.2) is 4.98 Å². The molecule has 1 aromatic heterocycles. The normalized spacial score (nSPS) is 19.3. The summed E-state index contributed by atoms with van der Waals surface area (Å²) in [6, 6.07) is 8.03. The van der Waals surface area contributed by atoms with Crippen LogP contribution >= 0.6 is 0 Å². The van der Waals surface area contributed by atoms with Crippen LogP contribution in [-0.2, 0) is 15.9 Å². The largest absolute Gasteiger partial charge is 0.495 e. The van der Waals surface area contributed by atoms with Gasteiger partial charge >= 0.3 is 7.12 Å². The molecule has 122 valence electrons. The average Bonchev–Trinajstić information content (AvgIpc) is 3.02. The first-order chi connectivity index (χ1) is 10.8. The minimum Gasteiger partial charge on any atom is -0.399 e. The van der Waals surface area contributed by atoms with Crippen LogP contribution in [0.4, 0.5) is 0 Å². The number of hydrogen-bond acceptors (Lipinski definition) is 4. The number of rotatable bonds is 4. The maximum Gasteiger partial charge on any atom is 0.495 e. The van der Waals surface area contributed by atoms with E-state index in [1.165, 1.54) is 0 Å². The Morgan fingerprint density at radius 1 is 1.09 bits per heavy atom. The molecule has 23 heavy (non-hydrogen) atoms. The van der Waals surface area contributed by atoms with Crippen LogP contribution in [-0.4, -0.2) is 33.1 Å². The molecule has 0 saturated carbocycles. The van der Waals surface area contributed by atoms with Crippen molar-refractivity contribution >= 4 is 12.6 Å². The topological polar surface area (TPSA) is 49.2 Å². The van der Waals surface area contributed by atoms with Gasteiger partial charge in [-0.3, -0.25) is 4.68 Å². The number of nitrogens with zero attached hydrogens (tertiary/aromatic N) is 3. The van der Waals surface area contributed by atoms with Gasteiger partial charge in [-0.05, 0) is 39.6 Å². The summed E-state index contributed by atoms with van der Waals surface area (Å²) >= 11 is 0.